The first-order valence-electron chi connectivity index (χ1n) is 19.7. The molecular weight excluding hydrogens is 761 g/mol. The van der Waals surface area contributed by atoms with Crippen molar-refractivity contribution in [2.24, 2.45) is 0 Å². The highest BCUT2D eigenvalue weighted by molar-refractivity contribution is 5.54. The fourth-order valence-electron chi connectivity index (χ4n) is 7.40. The molecule has 2 saturated heterocycles. The number of halogens is 2. The molecule has 0 aliphatic carbocycles. The van der Waals surface area contributed by atoms with E-state index < -0.39 is 23.5 Å². The molecule has 4 aromatic carbocycles. The van der Waals surface area contributed by atoms with Crippen molar-refractivity contribution >= 4 is 11.4 Å². The molecule has 2 aromatic heterocycles. The summed E-state index contributed by atoms with van der Waals surface area (Å²) in [5.41, 5.74) is 2.82. The van der Waals surface area contributed by atoms with Crippen LogP contribution in [0.3, 0.4) is 0 Å². The third kappa shape index (κ3) is 9.14. The average Bonchev–Trinajstić information content (AvgIpc) is 4.03. The minimum Gasteiger partial charge on any atom is -0.492 e. The van der Waals surface area contributed by atoms with Gasteiger partial charge in [-0.25, -0.2) is 32.5 Å². The van der Waals surface area contributed by atoms with Crippen LogP contribution in [0.2, 0.25) is 0 Å². The summed E-state index contributed by atoms with van der Waals surface area (Å²) in [4.78, 5) is 22.0. The van der Waals surface area contributed by atoms with Crippen LogP contribution in [0.1, 0.15) is 25.5 Å². The number of benzene rings is 4. The van der Waals surface area contributed by atoms with Gasteiger partial charge in [0.05, 0.1) is 18.3 Å². The van der Waals surface area contributed by atoms with E-state index in [0.29, 0.717) is 18.9 Å². The molecule has 308 valence electrons. The van der Waals surface area contributed by atoms with Crippen LogP contribution in [0, 0.1) is 11.6 Å². The van der Waals surface area contributed by atoms with Crippen molar-refractivity contribution in [2.45, 2.75) is 44.4 Å². The quantitative estimate of drug-likeness (QED) is 0.130. The van der Waals surface area contributed by atoms with E-state index in [1.165, 1.54) is 34.2 Å². The summed E-state index contributed by atoms with van der Waals surface area (Å²) in [6, 6.07) is 28.8. The number of hydrogen-bond acceptors (Lipinski definition) is 11. The van der Waals surface area contributed by atoms with Gasteiger partial charge in [-0.3, -0.25) is 0 Å². The predicted octanol–water partition coefficient (Wildman–Crippen LogP) is 5.20. The van der Waals surface area contributed by atoms with Crippen LogP contribution in [-0.4, -0.2) is 93.8 Å². The van der Waals surface area contributed by atoms with E-state index in [4.69, 9.17) is 18.9 Å². The summed E-state index contributed by atoms with van der Waals surface area (Å²) in [5, 5.41) is 12.0. The van der Waals surface area contributed by atoms with Crippen molar-refractivity contribution < 1.29 is 27.7 Å². The highest BCUT2D eigenvalue weighted by atomic mass is 19.1. The van der Waals surface area contributed by atoms with Crippen LogP contribution in [0.5, 0.6) is 11.5 Å². The summed E-state index contributed by atoms with van der Waals surface area (Å²) in [5.74, 6) is -1.50. The van der Waals surface area contributed by atoms with Gasteiger partial charge in [-0.2, -0.15) is 10.2 Å². The lowest BCUT2D eigenvalue weighted by molar-refractivity contribution is -0.192. The lowest BCUT2D eigenvalue weighted by atomic mass is 10.0. The van der Waals surface area contributed by atoms with Crippen molar-refractivity contribution in [1.29, 1.82) is 0 Å². The molecule has 59 heavy (non-hydrogen) atoms. The predicted molar refractivity (Wildman–Crippen MR) is 217 cm³/mol. The van der Waals surface area contributed by atoms with Gasteiger partial charge in [0.15, 0.2) is 0 Å². The van der Waals surface area contributed by atoms with Crippen molar-refractivity contribution in [1.82, 2.24) is 34.4 Å². The number of hydrogen-bond donors (Lipinski definition) is 1. The summed E-state index contributed by atoms with van der Waals surface area (Å²) in [6.07, 6.45) is 3.91. The number of nitrogens with zero attached hydrogens (tertiary/aromatic N) is 8. The first-order chi connectivity index (χ1) is 28.7. The molecule has 0 amide bonds. The van der Waals surface area contributed by atoms with E-state index in [1.54, 1.807) is 10.9 Å². The Kier molecular flexibility index (Phi) is 12.0. The Morgan fingerprint density at radius 2 is 1.51 bits per heavy atom. The van der Waals surface area contributed by atoms with Crippen molar-refractivity contribution in [3.8, 4) is 17.2 Å². The fraction of sp³-hybridized carbons (Fsp3) is 0.349. The molecular formula is C43H47F2N9O5. The molecule has 2 fully saturated rings. The Bertz CT molecular complexity index is 2320. The summed E-state index contributed by atoms with van der Waals surface area (Å²) in [7, 11) is 0. The second-order valence-corrected chi connectivity index (χ2v) is 14.7. The average molecular weight is 808 g/mol. The lowest BCUT2D eigenvalue weighted by Crippen LogP contribution is -2.46. The van der Waals surface area contributed by atoms with Crippen LogP contribution < -0.4 is 30.3 Å². The van der Waals surface area contributed by atoms with Gasteiger partial charge in [0.2, 0.25) is 5.79 Å². The van der Waals surface area contributed by atoms with E-state index >= 15 is 0 Å². The number of aromatic nitrogens is 6. The standard InChI is InChI=1S/C43H47F2N9O5/c1-31(47-18-23-56-37-6-4-3-5-7-37)32(2)54-42(55)53(30-49-54)36-11-9-34(10-12-36)50-19-21-51(22-20-50)35-13-15-38(16-14-35)57-25-39-26-58-43(59-39,27-52-29-46-28-48-52)40-17-8-33(44)24-41(40)45/h3-17,24,28-32,39,47H,18-23,25-27H2,1-2H3. The number of piperazine rings is 1. The van der Waals surface area contributed by atoms with Gasteiger partial charge < -0.3 is 34.1 Å². The first kappa shape index (κ1) is 39.7. The van der Waals surface area contributed by atoms with Gasteiger partial charge in [-0.15, -0.1) is 0 Å². The van der Waals surface area contributed by atoms with Crippen LogP contribution in [0.15, 0.2) is 121 Å². The number of anilines is 2. The molecule has 8 rings (SSSR count). The highest BCUT2D eigenvalue weighted by Gasteiger charge is 2.46. The van der Waals surface area contributed by atoms with Crippen LogP contribution in [0.25, 0.3) is 5.69 Å². The first-order valence-corrected chi connectivity index (χ1v) is 19.7. The zero-order chi connectivity index (χ0) is 40.8. The Morgan fingerprint density at radius 1 is 0.831 bits per heavy atom. The van der Waals surface area contributed by atoms with E-state index in [0.717, 1.165) is 55.1 Å². The molecule has 4 atom stereocenters. The fourth-order valence-corrected chi connectivity index (χ4v) is 7.40. The van der Waals surface area contributed by atoms with E-state index in [-0.39, 0.29) is 43.1 Å². The molecule has 4 unspecified atom stereocenters. The number of rotatable bonds is 16. The number of nitrogens with one attached hydrogen (secondary N) is 1. The minimum atomic E-state index is -1.52. The molecule has 6 aromatic rings. The maximum Gasteiger partial charge on any atom is 0.350 e. The summed E-state index contributed by atoms with van der Waals surface area (Å²) in [6.45, 7) is 8.84. The molecule has 16 heteroatoms. The Hall–Kier alpha value is -6.10. The summed E-state index contributed by atoms with van der Waals surface area (Å²) >= 11 is 0. The summed E-state index contributed by atoms with van der Waals surface area (Å²) < 4.78 is 57.4. The molecule has 1 N–H and O–H groups in total. The van der Waals surface area contributed by atoms with Gasteiger partial charge >= 0.3 is 5.69 Å². The number of para-hydroxylation sites is 1. The second kappa shape index (κ2) is 17.8. The molecule has 14 nitrogen and oxygen atoms in total. The monoisotopic (exact) mass is 807 g/mol. The maximum atomic E-state index is 14.9. The lowest BCUT2D eigenvalue weighted by Gasteiger charge is -2.37. The van der Waals surface area contributed by atoms with E-state index in [9.17, 15) is 13.6 Å². The van der Waals surface area contributed by atoms with Crippen molar-refractivity contribution in [3.63, 3.8) is 0 Å². The van der Waals surface area contributed by atoms with Crippen LogP contribution in [0.4, 0.5) is 20.2 Å². The number of ether oxygens (including phenoxy) is 4. The topological polar surface area (TPSA) is 126 Å². The van der Waals surface area contributed by atoms with Crippen LogP contribution >= 0.6 is 0 Å². The Balaban J connectivity index is 0.803. The Labute approximate surface area is 340 Å². The van der Waals surface area contributed by atoms with Gasteiger partial charge in [-0.1, -0.05) is 18.2 Å². The van der Waals surface area contributed by atoms with E-state index in [1.807, 2.05) is 80.6 Å². The molecule has 0 bridgehead atoms. The molecule has 0 radical (unpaired) electrons. The molecule has 0 saturated carbocycles. The van der Waals surface area contributed by atoms with Crippen molar-refractivity contribution in [3.05, 3.63) is 144 Å². The molecule has 2 aliphatic rings. The van der Waals surface area contributed by atoms with Gasteiger partial charge in [0, 0.05) is 61.8 Å². The van der Waals surface area contributed by atoms with Gasteiger partial charge in [0.1, 0.15) is 68.0 Å². The molecule has 4 heterocycles. The normalized spacial score (nSPS) is 19.2. The zero-order valence-corrected chi connectivity index (χ0v) is 32.9. The minimum absolute atomic E-state index is 0.000578. The third-order valence-corrected chi connectivity index (χ3v) is 10.8. The molecule has 0 spiro atoms. The maximum absolute atomic E-state index is 14.9. The largest absolute Gasteiger partial charge is 0.492 e. The Morgan fingerprint density at radius 3 is 2.19 bits per heavy atom. The van der Waals surface area contributed by atoms with Gasteiger partial charge in [-0.05, 0) is 86.6 Å². The van der Waals surface area contributed by atoms with E-state index in [2.05, 4.69) is 42.4 Å². The van der Waals surface area contributed by atoms with Crippen LogP contribution in [-0.2, 0) is 21.8 Å². The highest BCUT2D eigenvalue weighted by Crippen LogP contribution is 2.38. The smallest absolute Gasteiger partial charge is 0.350 e. The SMILES string of the molecule is CC(NCCOc1ccccc1)C(C)n1ncn(-c2ccc(N3CCN(c4ccc(OCC5COC(Cn6cncn6)(c6ccc(F)cc6F)O5)cc4)CC3)cc2)c1=O. The van der Waals surface area contributed by atoms with Crippen molar-refractivity contribution in [2.75, 3.05) is 62.3 Å². The second-order valence-electron chi connectivity index (χ2n) is 14.7. The zero-order valence-electron chi connectivity index (χ0n) is 32.9. The molecule has 2 aliphatic heterocycles. The van der Waals surface area contributed by atoms with Gasteiger partial charge in [0.25, 0.3) is 0 Å². The third-order valence-electron chi connectivity index (χ3n) is 10.8.